The second kappa shape index (κ2) is 13.9. The zero-order chi connectivity index (χ0) is 29.4. The van der Waals surface area contributed by atoms with Crippen molar-refractivity contribution >= 4 is 50.7 Å². The number of nitrogens with one attached hydrogen (secondary N) is 1. The first-order valence-corrected chi connectivity index (χ1v) is 15.0. The number of hydrogen-bond donors (Lipinski definition) is 1. The van der Waals surface area contributed by atoms with Crippen LogP contribution in [0.15, 0.2) is 71.6 Å². The van der Waals surface area contributed by atoms with Crippen molar-refractivity contribution in [3.05, 3.63) is 87.9 Å². The van der Waals surface area contributed by atoms with Gasteiger partial charge in [-0.05, 0) is 62.2 Å². The molecule has 1 N–H and O–H groups in total. The Labute approximate surface area is 245 Å². The van der Waals surface area contributed by atoms with Crippen molar-refractivity contribution in [3.8, 4) is 5.75 Å². The predicted octanol–water partition coefficient (Wildman–Crippen LogP) is 5.45. The van der Waals surface area contributed by atoms with Crippen LogP contribution < -0.4 is 14.4 Å². The molecule has 40 heavy (non-hydrogen) atoms. The van der Waals surface area contributed by atoms with Crippen molar-refractivity contribution in [2.45, 2.75) is 44.7 Å². The van der Waals surface area contributed by atoms with E-state index in [1.54, 1.807) is 68.4 Å². The molecular formula is C29H33Cl2N3O5S. The largest absolute Gasteiger partial charge is 0.492 e. The molecule has 0 radical (unpaired) electrons. The van der Waals surface area contributed by atoms with E-state index in [1.165, 1.54) is 24.1 Å². The summed E-state index contributed by atoms with van der Waals surface area (Å²) < 4.78 is 34.8. The van der Waals surface area contributed by atoms with Gasteiger partial charge < -0.3 is 15.0 Å². The van der Waals surface area contributed by atoms with Gasteiger partial charge in [-0.1, -0.05) is 66.0 Å². The molecule has 214 valence electrons. The highest BCUT2D eigenvalue weighted by Crippen LogP contribution is 2.33. The topological polar surface area (TPSA) is 96.0 Å². The molecule has 0 unspecified atom stereocenters. The molecule has 0 aromatic heterocycles. The number of halogens is 2. The van der Waals surface area contributed by atoms with Crippen molar-refractivity contribution in [1.29, 1.82) is 0 Å². The summed E-state index contributed by atoms with van der Waals surface area (Å²) in [5, 5.41) is 3.34. The van der Waals surface area contributed by atoms with Gasteiger partial charge in [0.2, 0.25) is 11.8 Å². The van der Waals surface area contributed by atoms with Crippen molar-refractivity contribution in [2.24, 2.45) is 0 Å². The highest BCUT2D eigenvalue weighted by molar-refractivity contribution is 7.92. The van der Waals surface area contributed by atoms with Gasteiger partial charge in [0.1, 0.15) is 18.3 Å². The molecule has 3 aromatic rings. The lowest BCUT2D eigenvalue weighted by Crippen LogP contribution is -2.51. The summed E-state index contributed by atoms with van der Waals surface area (Å²) in [5.74, 6) is -0.675. The Kier molecular flexibility index (Phi) is 10.8. The van der Waals surface area contributed by atoms with E-state index in [-0.39, 0.29) is 29.5 Å². The minimum absolute atomic E-state index is 0.0165. The number of aryl methyl sites for hydroxylation is 1. The lowest BCUT2D eigenvalue weighted by molar-refractivity contribution is -0.140. The smallest absolute Gasteiger partial charge is 0.264 e. The van der Waals surface area contributed by atoms with Crippen molar-refractivity contribution in [3.63, 3.8) is 0 Å². The van der Waals surface area contributed by atoms with Crippen LogP contribution in [0.25, 0.3) is 0 Å². The fraction of sp³-hybridized carbons (Fsp3) is 0.310. The molecule has 3 rings (SSSR count). The van der Waals surface area contributed by atoms with Crippen LogP contribution in [0.5, 0.6) is 5.75 Å². The van der Waals surface area contributed by atoms with Crippen LogP contribution in [0.4, 0.5) is 5.69 Å². The molecule has 0 heterocycles. The Morgan fingerprint density at radius 1 is 1.00 bits per heavy atom. The van der Waals surface area contributed by atoms with Crippen molar-refractivity contribution in [2.75, 3.05) is 24.5 Å². The van der Waals surface area contributed by atoms with Gasteiger partial charge in [-0.15, -0.1) is 0 Å². The van der Waals surface area contributed by atoms with E-state index >= 15 is 0 Å². The number of sulfonamides is 1. The maximum absolute atomic E-state index is 14.1. The molecule has 0 aliphatic carbocycles. The van der Waals surface area contributed by atoms with Gasteiger partial charge in [0.15, 0.2) is 0 Å². The molecule has 1 atom stereocenters. The minimum Gasteiger partial charge on any atom is -0.492 e. The number of nitrogens with zero attached hydrogens (tertiary/aromatic N) is 2. The number of anilines is 1. The van der Waals surface area contributed by atoms with E-state index in [2.05, 4.69) is 5.32 Å². The summed E-state index contributed by atoms with van der Waals surface area (Å²) in [6, 6.07) is 17.0. The lowest BCUT2D eigenvalue weighted by Gasteiger charge is -2.33. The molecule has 3 aromatic carbocycles. The van der Waals surface area contributed by atoms with Gasteiger partial charge in [0, 0.05) is 23.6 Å². The van der Waals surface area contributed by atoms with Gasteiger partial charge in [0.25, 0.3) is 10.0 Å². The molecule has 0 aliphatic heterocycles. The molecule has 0 spiro atoms. The number of carbonyl (C=O) groups excluding carboxylic acids is 2. The standard InChI is InChI=1S/C29H33Cl2N3O5S/c1-5-25(29(36)32-4)33(18-21-13-14-22(30)17-24(21)31)28(35)19-34(26-9-7-8-10-27(26)39-6-2)40(37,38)23-15-11-20(3)12-16-23/h7-17,25H,5-6,18-19H2,1-4H3,(H,32,36)/t25-/m1/s1. The third-order valence-corrected chi connectivity index (χ3v) is 8.67. The molecule has 2 amide bonds. The van der Waals surface area contributed by atoms with E-state index in [9.17, 15) is 18.0 Å². The van der Waals surface area contributed by atoms with Crippen LogP contribution in [0.1, 0.15) is 31.4 Å². The Morgan fingerprint density at radius 2 is 1.68 bits per heavy atom. The average molecular weight is 607 g/mol. The summed E-state index contributed by atoms with van der Waals surface area (Å²) in [7, 11) is -2.74. The molecule has 0 bridgehead atoms. The van der Waals surface area contributed by atoms with Gasteiger partial charge in [-0.2, -0.15) is 0 Å². The fourth-order valence-corrected chi connectivity index (χ4v) is 6.10. The Balaban J connectivity index is 2.13. The van der Waals surface area contributed by atoms with Crippen LogP contribution in [0.3, 0.4) is 0 Å². The molecular weight excluding hydrogens is 573 g/mol. The van der Waals surface area contributed by atoms with E-state index in [4.69, 9.17) is 27.9 Å². The van der Waals surface area contributed by atoms with Crippen molar-refractivity contribution < 1.29 is 22.7 Å². The number of ether oxygens (including phenoxy) is 1. The Morgan fingerprint density at radius 3 is 2.27 bits per heavy atom. The summed E-state index contributed by atoms with van der Waals surface area (Å²) in [5.41, 5.74) is 1.65. The number of carbonyl (C=O) groups is 2. The van der Waals surface area contributed by atoms with Gasteiger partial charge >= 0.3 is 0 Å². The van der Waals surface area contributed by atoms with Gasteiger partial charge in [0.05, 0.1) is 17.2 Å². The fourth-order valence-electron chi connectivity index (χ4n) is 4.21. The first-order chi connectivity index (χ1) is 19.0. The lowest BCUT2D eigenvalue weighted by atomic mass is 10.1. The monoisotopic (exact) mass is 605 g/mol. The average Bonchev–Trinajstić information content (AvgIpc) is 2.93. The van der Waals surface area contributed by atoms with Crippen LogP contribution in [-0.2, 0) is 26.2 Å². The summed E-state index contributed by atoms with van der Waals surface area (Å²) in [6.45, 7) is 5.08. The molecule has 11 heteroatoms. The maximum Gasteiger partial charge on any atom is 0.264 e. The normalized spacial score (nSPS) is 11.9. The van der Waals surface area contributed by atoms with Crippen molar-refractivity contribution in [1.82, 2.24) is 10.2 Å². The summed E-state index contributed by atoms with van der Waals surface area (Å²) in [4.78, 5) is 28.3. The number of rotatable bonds is 12. The Hall–Kier alpha value is -3.27. The Bertz CT molecular complexity index is 1450. The van der Waals surface area contributed by atoms with Crippen LogP contribution in [0, 0.1) is 6.92 Å². The SMILES string of the molecule is CCOc1ccccc1N(CC(=O)N(Cc1ccc(Cl)cc1Cl)[C@H](CC)C(=O)NC)S(=O)(=O)c1ccc(C)cc1. The van der Waals surface area contributed by atoms with E-state index < -0.39 is 28.5 Å². The second-order valence-corrected chi connectivity index (χ2v) is 11.7. The van der Waals surface area contributed by atoms with E-state index in [1.807, 2.05) is 6.92 Å². The highest BCUT2D eigenvalue weighted by atomic mass is 35.5. The first kappa shape index (κ1) is 31.3. The third kappa shape index (κ3) is 7.27. The number of likely N-dealkylation sites (N-methyl/N-ethyl adjacent to an activating group) is 1. The van der Waals surface area contributed by atoms with E-state index in [0.29, 0.717) is 28.0 Å². The molecule has 0 fully saturated rings. The highest BCUT2D eigenvalue weighted by Gasteiger charge is 2.34. The zero-order valence-corrected chi connectivity index (χ0v) is 25.2. The van der Waals surface area contributed by atoms with Crippen LogP contribution in [0.2, 0.25) is 10.0 Å². The third-order valence-electron chi connectivity index (χ3n) is 6.31. The quantitative estimate of drug-likeness (QED) is 0.296. The molecule has 0 aliphatic rings. The van der Waals surface area contributed by atoms with E-state index in [0.717, 1.165) is 9.87 Å². The number of para-hydroxylation sites is 2. The second-order valence-electron chi connectivity index (χ2n) is 9.02. The predicted molar refractivity (Wildman–Crippen MR) is 158 cm³/mol. The minimum atomic E-state index is -4.22. The first-order valence-electron chi connectivity index (χ1n) is 12.8. The van der Waals surface area contributed by atoms with Gasteiger partial charge in [-0.25, -0.2) is 8.42 Å². The van der Waals surface area contributed by atoms with Gasteiger partial charge in [-0.3, -0.25) is 13.9 Å². The molecule has 0 saturated carbocycles. The summed E-state index contributed by atoms with van der Waals surface area (Å²) >= 11 is 12.5. The molecule has 8 nitrogen and oxygen atoms in total. The summed E-state index contributed by atoms with van der Waals surface area (Å²) in [6.07, 6.45) is 0.289. The van der Waals surface area contributed by atoms with Crippen LogP contribution >= 0.6 is 23.2 Å². The number of benzene rings is 3. The number of hydrogen-bond acceptors (Lipinski definition) is 5. The zero-order valence-electron chi connectivity index (χ0n) is 22.9. The molecule has 0 saturated heterocycles. The van der Waals surface area contributed by atoms with Crippen LogP contribution in [-0.4, -0.2) is 51.4 Å². The maximum atomic E-state index is 14.1. The number of amides is 2.